The van der Waals surface area contributed by atoms with E-state index < -0.39 is 0 Å². The molecule has 0 amide bonds. The molecule has 114 valence electrons. The Morgan fingerprint density at radius 1 is 1.09 bits per heavy atom. The van der Waals surface area contributed by atoms with Crippen LogP contribution in [0.3, 0.4) is 0 Å². The predicted octanol–water partition coefficient (Wildman–Crippen LogP) is 2.57. The molecule has 0 heterocycles. The van der Waals surface area contributed by atoms with Crippen molar-refractivity contribution in [2.75, 3.05) is 5.23 Å². The van der Waals surface area contributed by atoms with Gasteiger partial charge in [0.25, 0.3) is 0 Å². The molecule has 4 heteroatoms. The van der Waals surface area contributed by atoms with E-state index in [1.807, 2.05) is 39.2 Å². The van der Waals surface area contributed by atoms with Crippen LogP contribution in [-0.4, -0.2) is 13.2 Å². The minimum absolute atomic E-state index is 0.405. The molecule has 3 aromatic carbocycles. The zero-order valence-corrected chi connectivity index (χ0v) is 13.3. The lowest BCUT2D eigenvalue weighted by Crippen LogP contribution is -2.27. The van der Waals surface area contributed by atoms with E-state index in [1.54, 1.807) is 12.1 Å². The van der Waals surface area contributed by atoms with Crippen LogP contribution < -0.4 is 20.6 Å². The first kappa shape index (κ1) is 15.2. The maximum Gasteiger partial charge on any atom is 0.214 e. The summed E-state index contributed by atoms with van der Waals surface area (Å²) in [5, 5.41) is 19.0. The monoisotopic (exact) mass is 303 g/mol. The minimum atomic E-state index is 0.405. The lowest BCUT2D eigenvalue weighted by molar-refractivity contribution is -0.136. The molecule has 0 saturated heterocycles. The highest BCUT2D eigenvalue weighted by atomic mass is 17.1. The number of hydrogen-bond donors (Lipinski definition) is 2. The van der Waals surface area contributed by atoms with E-state index in [1.165, 1.54) is 5.39 Å². The molecule has 0 fully saturated rings. The second-order valence-electron chi connectivity index (χ2n) is 5.27. The number of fused-ring (bicyclic) bond motifs is 3. The molecule has 2 N–H and O–H groups in total. The molecule has 3 aromatic rings. The Kier molecular flexibility index (Phi) is 4.09. The Balaban J connectivity index is 2.76. The Labute approximate surface area is 135 Å². The van der Waals surface area contributed by atoms with E-state index in [9.17, 15) is 5.26 Å². The van der Waals surface area contributed by atoms with Crippen LogP contribution in [0.1, 0.15) is 6.92 Å². The van der Waals surface area contributed by atoms with E-state index in [0.29, 0.717) is 5.75 Å². The van der Waals surface area contributed by atoms with E-state index in [4.69, 9.17) is 0 Å². The van der Waals surface area contributed by atoms with Crippen molar-refractivity contribution in [3.63, 3.8) is 0 Å². The van der Waals surface area contributed by atoms with Gasteiger partial charge in [0.1, 0.15) is 0 Å². The normalized spacial score (nSPS) is 12.8. The van der Waals surface area contributed by atoms with E-state index in [0.717, 1.165) is 32.3 Å². The fraction of sp³-hybridized carbons (Fsp3) is 0.0526. The van der Waals surface area contributed by atoms with Gasteiger partial charge in [0.15, 0.2) is 5.75 Å². The van der Waals surface area contributed by atoms with Crippen molar-refractivity contribution in [2.24, 2.45) is 0 Å². The third-order valence-corrected chi connectivity index (χ3v) is 4.16. The van der Waals surface area contributed by atoms with Crippen LogP contribution in [0.5, 0.6) is 5.75 Å². The van der Waals surface area contributed by atoms with Crippen LogP contribution >= 0.6 is 0 Å². The van der Waals surface area contributed by atoms with Gasteiger partial charge in [0.05, 0.1) is 5.69 Å². The molecule has 0 unspecified atom stereocenters. The molecule has 3 nitrogen and oxygen atoms in total. The molecule has 3 rings (SSSR count). The molecule has 0 bridgehead atoms. The summed E-state index contributed by atoms with van der Waals surface area (Å²) in [7, 11) is 1.82. The predicted molar refractivity (Wildman–Crippen MR) is 101 cm³/mol. The van der Waals surface area contributed by atoms with Gasteiger partial charge in [0.2, 0.25) is 7.98 Å². The van der Waals surface area contributed by atoms with Crippen molar-refractivity contribution in [1.29, 1.82) is 0 Å². The maximum absolute atomic E-state index is 9.18. The van der Waals surface area contributed by atoms with Crippen molar-refractivity contribution < 1.29 is 10.1 Å². The minimum Gasteiger partial charge on any atom is -0.431 e. The van der Waals surface area contributed by atoms with Crippen LogP contribution in [0.15, 0.2) is 49.1 Å². The summed E-state index contributed by atoms with van der Waals surface area (Å²) in [5.41, 5.74) is 0.766. The second-order valence-corrected chi connectivity index (χ2v) is 5.27. The topological polar surface area (TPSA) is 41.5 Å². The van der Waals surface area contributed by atoms with Crippen molar-refractivity contribution in [3.8, 4) is 5.75 Å². The Morgan fingerprint density at radius 3 is 2.43 bits per heavy atom. The van der Waals surface area contributed by atoms with Crippen LogP contribution in [0, 0.1) is 0 Å². The largest absolute Gasteiger partial charge is 0.431 e. The van der Waals surface area contributed by atoms with Gasteiger partial charge in [-0.05, 0) is 45.7 Å². The number of rotatable bonds is 3. The van der Waals surface area contributed by atoms with Gasteiger partial charge in [-0.3, -0.25) is 0 Å². The smallest absolute Gasteiger partial charge is 0.214 e. The number of allylic oxidation sites excluding steroid dienone is 1. The van der Waals surface area contributed by atoms with Gasteiger partial charge in [-0.2, -0.15) is 0 Å². The van der Waals surface area contributed by atoms with Gasteiger partial charge in [0, 0.05) is 5.39 Å². The third-order valence-electron chi connectivity index (χ3n) is 4.16. The summed E-state index contributed by atoms with van der Waals surface area (Å²) >= 11 is 0. The maximum atomic E-state index is 9.18. The SMILES string of the molecule is BNc1c(OO)ccc2c1c(=C/C)/c(=C\C=C)c1ccccc12. The van der Waals surface area contributed by atoms with Crippen molar-refractivity contribution in [1.82, 2.24) is 0 Å². The van der Waals surface area contributed by atoms with E-state index >= 15 is 0 Å². The van der Waals surface area contributed by atoms with Gasteiger partial charge in [-0.15, -0.1) is 0 Å². The first-order valence-electron chi connectivity index (χ1n) is 7.52. The van der Waals surface area contributed by atoms with Crippen molar-refractivity contribution in [2.45, 2.75) is 6.92 Å². The lowest BCUT2D eigenvalue weighted by atomic mass is 9.95. The molecule has 0 aliphatic carbocycles. The van der Waals surface area contributed by atoms with Gasteiger partial charge >= 0.3 is 0 Å². The summed E-state index contributed by atoms with van der Waals surface area (Å²) in [4.78, 5) is 4.55. The zero-order chi connectivity index (χ0) is 16.4. The van der Waals surface area contributed by atoms with Crippen LogP contribution in [0.25, 0.3) is 33.7 Å². The molecule has 0 spiro atoms. The summed E-state index contributed by atoms with van der Waals surface area (Å²) in [6, 6.07) is 12.1. The second kappa shape index (κ2) is 6.19. The Bertz CT molecular complexity index is 1030. The molecule has 23 heavy (non-hydrogen) atoms. The van der Waals surface area contributed by atoms with E-state index in [-0.39, 0.29) is 0 Å². The lowest BCUT2D eigenvalue weighted by Gasteiger charge is -2.14. The fourth-order valence-corrected chi connectivity index (χ4v) is 3.24. The molecular weight excluding hydrogens is 285 g/mol. The third kappa shape index (κ3) is 2.28. The van der Waals surface area contributed by atoms with Crippen LogP contribution in [0.2, 0.25) is 0 Å². The quantitative estimate of drug-likeness (QED) is 0.338. The Hall–Kier alpha value is -2.72. The summed E-state index contributed by atoms with van der Waals surface area (Å²) in [6.45, 7) is 5.85. The molecule has 0 atom stereocenters. The first-order chi connectivity index (χ1) is 11.3. The molecule has 0 aliphatic heterocycles. The summed E-state index contributed by atoms with van der Waals surface area (Å²) in [6.07, 6.45) is 5.89. The number of anilines is 1. The van der Waals surface area contributed by atoms with Crippen molar-refractivity contribution in [3.05, 3.63) is 59.5 Å². The molecule has 0 aromatic heterocycles. The highest BCUT2D eigenvalue weighted by Gasteiger charge is 2.12. The molecule has 0 saturated carbocycles. The molecular formula is C19H18BNO2. The van der Waals surface area contributed by atoms with Crippen molar-refractivity contribution >= 4 is 47.4 Å². The zero-order valence-electron chi connectivity index (χ0n) is 13.3. The number of nitrogens with one attached hydrogen (secondary N) is 1. The highest BCUT2D eigenvalue weighted by Crippen LogP contribution is 2.33. The number of benzene rings is 3. The van der Waals surface area contributed by atoms with Gasteiger partial charge in [-0.25, -0.2) is 5.26 Å². The van der Waals surface area contributed by atoms with Crippen LogP contribution in [0.4, 0.5) is 5.69 Å². The molecule has 0 radical (unpaired) electrons. The summed E-state index contributed by atoms with van der Waals surface area (Å²) in [5.74, 6) is 0.405. The number of hydrogen-bond acceptors (Lipinski definition) is 3. The van der Waals surface area contributed by atoms with Gasteiger partial charge < -0.3 is 10.1 Å². The first-order valence-corrected chi connectivity index (χ1v) is 7.52. The van der Waals surface area contributed by atoms with Crippen LogP contribution in [-0.2, 0) is 0 Å². The highest BCUT2D eigenvalue weighted by molar-refractivity contribution is 6.22. The average molecular weight is 303 g/mol. The molecule has 0 aliphatic rings. The summed E-state index contributed by atoms with van der Waals surface area (Å²) < 4.78 is 0. The standard InChI is InChI=1S/C19H18BNO2/c1-3-7-13-12(4-2)18-16(15-9-6-5-8-14(13)15)10-11-17(23-22)19(18)21-20/h3-11,21-22H,1,20H2,2H3/b12-4+,13-7+. The van der Waals surface area contributed by atoms with Gasteiger partial charge in [-0.1, -0.05) is 49.1 Å². The average Bonchev–Trinajstić information content (AvgIpc) is 2.61. The fourth-order valence-electron chi connectivity index (χ4n) is 3.24. The van der Waals surface area contributed by atoms with E-state index in [2.05, 4.69) is 34.9 Å². The Morgan fingerprint density at radius 2 is 1.83 bits per heavy atom.